The smallest absolute Gasteiger partial charge is 0.303 e. The first-order valence-corrected chi connectivity index (χ1v) is 6.94. The first-order valence-electron chi connectivity index (χ1n) is 6.15. The van der Waals surface area contributed by atoms with Crippen molar-refractivity contribution in [1.82, 2.24) is 4.98 Å². The number of aliphatic carboxylic acids is 1. The van der Waals surface area contributed by atoms with Crippen LogP contribution in [-0.2, 0) is 11.4 Å². The third kappa shape index (κ3) is 3.03. The van der Waals surface area contributed by atoms with Crippen LogP contribution in [0.1, 0.15) is 28.8 Å². The summed E-state index contributed by atoms with van der Waals surface area (Å²) in [4.78, 5) is 37.3. The molecular weight excluding hydrogens is 342 g/mol. The number of fused-ring (bicyclic) bond motifs is 1. The van der Waals surface area contributed by atoms with E-state index in [0.717, 1.165) is 0 Å². The van der Waals surface area contributed by atoms with Gasteiger partial charge in [-0.2, -0.15) is 0 Å². The number of aliphatic hydroxyl groups is 1. The normalized spacial score (nSPS) is 10.8. The van der Waals surface area contributed by atoms with Crippen LogP contribution >= 0.6 is 15.9 Å². The van der Waals surface area contributed by atoms with Gasteiger partial charge in [0.15, 0.2) is 5.78 Å². The zero-order chi connectivity index (χ0) is 15.6. The molecule has 0 atom stereocenters. The molecule has 110 valence electrons. The van der Waals surface area contributed by atoms with E-state index in [4.69, 9.17) is 5.11 Å². The van der Waals surface area contributed by atoms with Gasteiger partial charge in [0.2, 0.25) is 0 Å². The predicted molar refractivity (Wildman–Crippen MR) is 79.4 cm³/mol. The lowest BCUT2D eigenvalue weighted by Gasteiger charge is -2.10. The van der Waals surface area contributed by atoms with Crippen molar-refractivity contribution in [2.24, 2.45) is 0 Å². The maximum Gasteiger partial charge on any atom is 0.303 e. The number of carboxylic acid groups (broad SMARTS) is 1. The second kappa shape index (κ2) is 6.19. The number of Topliss-reactive ketones (excluding diaryl/α,β-unsaturated/α-hetero) is 1. The zero-order valence-corrected chi connectivity index (χ0v) is 12.4. The Hall–Kier alpha value is -1.99. The zero-order valence-electron chi connectivity index (χ0n) is 10.9. The second-order valence-corrected chi connectivity index (χ2v) is 5.30. The van der Waals surface area contributed by atoms with Gasteiger partial charge >= 0.3 is 5.97 Å². The number of para-hydroxylation sites is 1. The van der Waals surface area contributed by atoms with Gasteiger partial charge in [-0.15, -0.1) is 0 Å². The van der Waals surface area contributed by atoms with Crippen LogP contribution < -0.4 is 5.56 Å². The van der Waals surface area contributed by atoms with Crippen LogP contribution in [0.3, 0.4) is 0 Å². The molecule has 0 unspecified atom stereocenters. The third-order valence-electron chi connectivity index (χ3n) is 3.11. The SMILES string of the molecule is O=C(O)CCC(=O)c1c(CO)c2cccc(Br)c2[nH]c1=O. The molecule has 0 aliphatic carbocycles. The van der Waals surface area contributed by atoms with Crippen molar-refractivity contribution in [1.29, 1.82) is 0 Å². The second-order valence-electron chi connectivity index (χ2n) is 4.45. The minimum absolute atomic E-state index is 0.177. The van der Waals surface area contributed by atoms with Crippen LogP contribution in [0.25, 0.3) is 10.9 Å². The van der Waals surface area contributed by atoms with E-state index >= 15 is 0 Å². The molecule has 21 heavy (non-hydrogen) atoms. The average Bonchev–Trinajstić information content (AvgIpc) is 2.44. The molecule has 2 rings (SSSR count). The van der Waals surface area contributed by atoms with E-state index in [-0.39, 0.29) is 24.0 Å². The number of hydrogen-bond acceptors (Lipinski definition) is 4. The van der Waals surface area contributed by atoms with Gasteiger partial charge in [-0.05, 0) is 22.0 Å². The average molecular weight is 354 g/mol. The van der Waals surface area contributed by atoms with E-state index in [2.05, 4.69) is 20.9 Å². The van der Waals surface area contributed by atoms with E-state index in [1.165, 1.54) is 0 Å². The van der Waals surface area contributed by atoms with E-state index in [1.54, 1.807) is 18.2 Å². The van der Waals surface area contributed by atoms with Gasteiger partial charge in [0, 0.05) is 21.8 Å². The first-order chi connectivity index (χ1) is 9.95. The van der Waals surface area contributed by atoms with Crippen LogP contribution in [0.2, 0.25) is 0 Å². The Morgan fingerprint density at radius 1 is 1.24 bits per heavy atom. The molecule has 6 nitrogen and oxygen atoms in total. The molecule has 3 N–H and O–H groups in total. The number of aromatic amines is 1. The molecule has 1 aromatic heterocycles. The van der Waals surface area contributed by atoms with Crippen molar-refractivity contribution in [3.63, 3.8) is 0 Å². The van der Waals surface area contributed by atoms with E-state index in [0.29, 0.717) is 15.4 Å². The monoisotopic (exact) mass is 353 g/mol. The van der Waals surface area contributed by atoms with Crippen molar-refractivity contribution in [2.45, 2.75) is 19.4 Å². The number of halogens is 1. The van der Waals surface area contributed by atoms with Crippen LogP contribution in [-0.4, -0.2) is 26.9 Å². The van der Waals surface area contributed by atoms with Crippen molar-refractivity contribution < 1.29 is 19.8 Å². The van der Waals surface area contributed by atoms with E-state index < -0.39 is 23.9 Å². The first kappa shape index (κ1) is 15.4. The Morgan fingerprint density at radius 3 is 2.57 bits per heavy atom. The number of H-pyrrole nitrogens is 1. The fourth-order valence-corrected chi connectivity index (χ4v) is 2.62. The van der Waals surface area contributed by atoms with E-state index in [9.17, 15) is 19.5 Å². The Labute approximate surface area is 127 Å². The quantitative estimate of drug-likeness (QED) is 0.710. The van der Waals surface area contributed by atoms with E-state index in [1.807, 2.05) is 0 Å². The third-order valence-corrected chi connectivity index (χ3v) is 3.77. The van der Waals surface area contributed by atoms with Gasteiger partial charge in [0.05, 0.1) is 24.1 Å². The van der Waals surface area contributed by atoms with Gasteiger partial charge in [-0.25, -0.2) is 0 Å². The van der Waals surface area contributed by atoms with Crippen molar-refractivity contribution in [2.75, 3.05) is 0 Å². The topological polar surface area (TPSA) is 107 Å². The fraction of sp³-hybridized carbons (Fsp3) is 0.214. The molecule has 0 aliphatic rings. The highest BCUT2D eigenvalue weighted by Gasteiger charge is 2.20. The van der Waals surface area contributed by atoms with Crippen LogP contribution in [0.5, 0.6) is 0 Å². The van der Waals surface area contributed by atoms with Crippen molar-refractivity contribution in [3.05, 3.63) is 44.2 Å². The summed E-state index contributed by atoms with van der Waals surface area (Å²) in [5, 5.41) is 18.7. The minimum Gasteiger partial charge on any atom is -0.481 e. The maximum atomic E-state index is 12.1. The number of carbonyl (C=O) groups is 2. The molecule has 0 bridgehead atoms. The van der Waals surface area contributed by atoms with Gasteiger partial charge in [-0.3, -0.25) is 14.4 Å². The number of aromatic nitrogens is 1. The molecule has 0 aliphatic heterocycles. The van der Waals surface area contributed by atoms with Crippen LogP contribution in [0.15, 0.2) is 27.5 Å². The highest BCUT2D eigenvalue weighted by Crippen LogP contribution is 2.25. The van der Waals surface area contributed by atoms with Crippen LogP contribution in [0.4, 0.5) is 0 Å². The number of carboxylic acids is 1. The lowest BCUT2D eigenvalue weighted by molar-refractivity contribution is -0.136. The summed E-state index contributed by atoms with van der Waals surface area (Å²) in [6.07, 6.45) is -0.648. The number of carbonyl (C=O) groups excluding carboxylic acids is 1. The van der Waals surface area contributed by atoms with Gasteiger partial charge in [0.1, 0.15) is 0 Å². The summed E-state index contributed by atoms with van der Waals surface area (Å²) in [6.45, 7) is -0.481. The Bertz CT molecular complexity index is 781. The van der Waals surface area contributed by atoms with Gasteiger partial charge in [0.25, 0.3) is 5.56 Å². The summed E-state index contributed by atoms with van der Waals surface area (Å²) < 4.78 is 0.635. The molecule has 0 saturated heterocycles. The molecule has 0 radical (unpaired) electrons. The maximum absolute atomic E-state index is 12.1. The Morgan fingerprint density at radius 2 is 1.95 bits per heavy atom. The number of pyridine rings is 1. The lowest BCUT2D eigenvalue weighted by atomic mass is 9.98. The Kier molecular flexibility index (Phi) is 4.54. The number of ketones is 1. The molecule has 0 amide bonds. The minimum atomic E-state index is -1.12. The number of nitrogens with one attached hydrogen (secondary N) is 1. The van der Waals surface area contributed by atoms with Gasteiger partial charge in [-0.1, -0.05) is 12.1 Å². The molecular formula is C14H12BrNO5. The van der Waals surface area contributed by atoms with Crippen LogP contribution in [0, 0.1) is 0 Å². The summed E-state index contributed by atoms with van der Waals surface area (Å²) in [5.74, 6) is -1.71. The number of rotatable bonds is 5. The fourth-order valence-electron chi connectivity index (χ4n) is 2.16. The highest BCUT2D eigenvalue weighted by atomic mass is 79.9. The molecule has 2 aromatic rings. The largest absolute Gasteiger partial charge is 0.481 e. The highest BCUT2D eigenvalue weighted by molar-refractivity contribution is 9.10. The molecule has 0 fully saturated rings. The summed E-state index contributed by atoms with van der Waals surface area (Å²) >= 11 is 3.29. The number of aliphatic hydroxyl groups excluding tert-OH is 1. The predicted octanol–water partition coefficient (Wildman–Crippen LogP) is 1.83. The number of benzene rings is 1. The Balaban J connectivity index is 2.64. The molecule has 0 saturated carbocycles. The molecule has 1 heterocycles. The number of hydrogen-bond donors (Lipinski definition) is 3. The summed E-state index contributed by atoms with van der Waals surface area (Å²) in [6, 6.07) is 5.12. The molecule has 7 heteroatoms. The molecule has 0 spiro atoms. The lowest BCUT2D eigenvalue weighted by Crippen LogP contribution is -2.22. The van der Waals surface area contributed by atoms with Gasteiger partial charge < -0.3 is 15.2 Å². The molecule has 1 aromatic carbocycles. The summed E-state index contributed by atoms with van der Waals surface area (Å²) in [7, 11) is 0. The van der Waals surface area contributed by atoms with Crippen molar-refractivity contribution in [3.8, 4) is 0 Å². The standard InChI is InChI=1S/C14H12BrNO5/c15-9-3-1-2-7-8(6-17)12(14(21)16-13(7)9)10(18)4-5-11(19)20/h1-3,17H,4-6H2,(H,16,21)(H,19,20). The van der Waals surface area contributed by atoms with Crippen molar-refractivity contribution >= 4 is 38.6 Å². The summed E-state index contributed by atoms with van der Waals surface area (Å²) in [5.41, 5.74) is -0.107.